The molecule has 0 spiro atoms. The molecule has 0 aliphatic heterocycles. The minimum absolute atomic E-state index is 0.0923. The Morgan fingerprint density at radius 2 is 1.83 bits per heavy atom. The van der Waals surface area contributed by atoms with Gasteiger partial charge in [0.25, 0.3) is 0 Å². The van der Waals surface area contributed by atoms with Crippen LogP contribution < -0.4 is 10.6 Å². The van der Waals surface area contributed by atoms with Gasteiger partial charge in [-0.3, -0.25) is 9.59 Å². The lowest BCUT2D eigenvalue weighted by molar-refractivity contribution is -0.118. The quantitative estimate of drug-likeness (QED) is 0.497. The van der Waals surface area contributed by atoms with Gasteiger partial charge in [0.2, 0.25) is 11.8 Å². The van der Waals surface area contributed by atoms with Crippen LogP contribution in [0.4, 0.5) is 5.69 Å². The molecule has 2 N–H and O–H groups in total. The number of rotatable bonds is 9. The molecule has 0 radical (unpaired) electrons. The number of carbonyl (C=O) groups is 2. The van der Waals surface area contributed by atoms with Gasteiger partial charge in [-0.1, -0.05) is 46.3 Å². The number of hydrogen-bond acceptors (Lipinski definition) is 4. The van der Waals surface area contributed by atoms with Gasteiger partial charge in [0.05, 0.1) is 17.8 Å². The zero-order chi connectivity index (χ0) is 20.5. The van der Waals surface area contributed by atoms with Crippen molar-refractivity contribution in [2.75, 3.05) is 16.8 Å². The number of hydrogen-bond donors (Lipinski definition) is 2. The van der Waals surface area contributed by atoms with E-state index < -0.39 is 0 Å². The molecule has 0 aliphatic carbocycles. The highest BCUT2D eigenvalue weighted by Gasteiger charge is 2.07. The van der Waals surface area contributed by atoms with Crippen LogP contribution in [0, 0.1) is 0 Å². The molecule has 3 rings (SSSR count). The van der Waals surface area contributed by atoms with Crippen LogP contribution in [-0.4, -0.2) is 32.9 Å². The molecule has 0 bridgehead atoms. The lowest BCUT2D eigenvalue weighted by atomic mass is 10.1. The maximum absolute atomic E-state index is 12.1. The second kappa shape index (κ2) is 10.8. The van der Waals surface area contributed by atoms with Gasteiger partial charge in [0.1, 0.15) is 0 Å². The van der Waals surface area contributed by atoms with Crippen molar-refractivity contribution in [3.8, 4) is 0 Å². The number of anilines is 1. The van der Waals surface area contributed by atoms with Crippen molar-refractivity contribution >= 4 is 45.2 Å². The summed E-state index contributed by atoms with van der Waals surface area (Å²) in [6.07, 6.45) is 5.44. The highest BCUT2D eigenvalue weighted by molar-refractivity contribution is 9.10. The van der Waals surface area contributed by atoms with E-state index in [1.165, 1.54) is 11.8 Å². The Morgan fingerprint density at radius 1 is 1.03 bits per heavy atom. The molecule has 6 nitrogen and oxygen atoms in total. The first-order chi connectivity index (χ1) is 14.1. The van der Waals surface area contributed by atoms with Crippen molar-refractivity contribution in [2.45, 2.75) is 13.1 Å². The maximum atomic E-state index is 12.1. The summed E-state index contributed by atoms with van der Waals surface area (Å²) in [7, 11) is 0. The Bertz CT molecular complexity index is 963. The first-order valence-electron chi connectivity index (χ1n) is 9.02. The predicted molar refractivity (Wildman–Crippen MR) is 120 cm³/mol. The molecule has 29 heavy (non-hydrogen) atoms. The van der Waals surface area contributed by atoms with E-state index >= 15 is 0 Å². The summed E-state index contributed by atoms with van der Waals surface area (Å²) in [5.74, 6) is 0.236. The molecule has 8 heteroatoms. The summed E-state index contributed by atoms with van der Waals surface area (Å²) in [6.45, 7) is 1.20. The molecule has 2 amide bonds. The summed E-state index contributed by atoms with van der Waals surface area (Å²) in [5.41, 5.74) is 2.91. The molecule has 1 heterocycles. The second-order valence-electron chi connectivity index (χ2n) is 6.38. The molecular weight excluding hydrogens is 452 g/mol. The van der Waals surface area contributed by atoms with Crippen LogP contribution in [0.25, 0.3) is 0 Å². The van der Waals surface area contributed by atoms with Crippen molar-refractivity contribution in [3.05, 3.63) is 82.9 Å². The molecule has 3 aromatic rings. The van der Waals surface area contributed by atoms with E-state index in [4.69, 9.17) is 0 Å². The Balaban J connectivity index is 1.37. The first kappa shape index (κ1) is 21.1. The predicted octanol–water partition coefficient (Wildman–Crippen LogP) is 3.68. The van der Waals surface area contributed by atoms with Gasteiger partial charge < -0.3 is 15.2 Å². The summed E-state index contributed by atoms with van der Waals surface area (Å²) in [5, 5.41) is 5.71. The maximum Gasteiger partial charge on any atom is 0.234 e. The Kier molecular flexibility index (Phi) is 7.89. The molecule has 0 atom stereocenters. The van der Waals surface area contributed by atoms with E-state index in [-0.39, 0.29) is 23.3 Å². The third kappa shape index (κ3) is 7.40. The average molecular weight is 473 g/mol. The van der Waals surface area contributed by atoms with Gasteiger partial charge in [0, 0.05) is 35.6 Å². The van der Waals surface area contributed by atoms with Crippen LogP contribution in [-0.2, 0) is 22.7 Å². The monoisotopic (exact) mass is 472 g/mol. The molecule has 0 aliphatic rings. The fraction of sp³-hybridized carbons (Fsp3) is 0.190. The number of imidazole rings is 1. The van der Waals surface area contributed by atoms with E-state index in [1.807, 2.05) is 53.2 Å². The number of carbonyl (C=O) groups excluding carboxylic acids is 2. The molecule has 0 unspecified atom stereocenters. The highest BCUT2D eigenvalue weighted by atomic mass is 79.9. The minimum Gasteiger partial charge on any atom is -0.351 e. The third-order valence-corrected chi connectivity index (χ3v) is 5.41. The van der Waals surface area contributed by atoms with Gasteiger partial charge >= 0.3 is 0 Å². The largest absolute Gasteiger partial charge is 0.351 e. The number of nitrogens with zero attached hydrogens (tertiary/aromatic N) is 2. The second-order valence-corrected chi connectivity index (χ2v) is 8.28. The zero-order valence-electron chi connectivity index (χ0n) is 15.7. The third-order valence-electron chi connectivity index (χ3n) is 3.98. The van der Waals surface area contributed by atoms with Crippen LogP contribution >= 0.6 is 27.7 Å². The van der Waals surface area contributed by atoms with Crippen molar-refractivity contribution in [1.29, 1.82) is 0 Å². The Hall–Kier alpha value is -2.58. The van der Waals surface area contributed by atoms with Crippen LogP contribution in [0.2, 0.25) is 0 Å². The average Bonchev–Trinajstić information content (AvgIpc) is 3.20. The molecule has 0 saturated heterocycles. The first-order valence-corrected chi connectivity index (χ1v) is 11.0. The zero-order valence-corrected chi connectivity index (χ0v) is 18.1. The smallest absolute Gasteiger partial charge is 0.234 e. The number of amides is 2. The SMILES string of the molecule is O=C(CSCC(=O)Nc1cccc(Br)c1)NCc1cccc(Cn2ccnc2)c1. The topological polar surface area (TPSA) is 76.0 Å². The van der Waals surface area contributed by atoms with Crippen molar-refractivity contribution in [2.24, 2.45) is 0 Å². The molecule has 0 fully saturated rings. The Morgan fingerprint density at radius 3 is 2.62 bits per heavy atom. The standard InChI is InChI=1S/C21H21BrN4O2S/c22-18-5-2-6-19(10-18)25-21(28)14-29-13-20(27)24-11-16-3-1-4-17(9-16)12-26-8-7-23-15-26/h1-10,15H,11-14H2,(H,24,27)(H,25,28). The minimum atomic E-state index is -0.131. The number of aromatic nitrogens is 2. The fourth-order valence-corrected chi connectivity index (χ4v) is 3.73. The van der Waals surface area contributed by atoms with Gasteiger partial charge in [-0.05, 0) is 29.3 Å². The lowest BCUT2D eigenvalue weighted by Crippen LogP contribution is -2.25. The van der Waals surface area contributed by atoms with Gasteiger partial charge in [-0.2, -0.15) is 0 Å². The molecular formula is C21H21BrN4O2S. The van der Waals surface area contributed by atoms with Crippen LogP contribution in [0.3, 0.4) is 0 Å². The van der Waals surface area contributed by atoms with Crippen LogP contribution in [0.5, 0.6) is 0 Å². The Labute approximate surface area is 182 Å². The van der Waals surface area contributed by atoms with Gasteiger partial charge in [-0.15, -0.1) is 11.8 Å². The van der Waals surface area contributed by atoms with E-state index in [2.05, 4.69) is 37.6 Å². The summed E-state index contributed by atoms with van der Waals surface area (Å²) >= 11 is 4.65. The molecule has 1 aromatic heterocycles. The van der Waals surface area contributed by atoms with Crippen LogP contribution in [0.1, 0.15) is 11.1 Å². The van der Waals surface area contributed by atoms with Crippen molar-refractivity contribution < 1.29 is 9.59 Å². The van der Waals surface area contributed by atoms with Crippen LogP contribution in [0.15, 0.2) is 71.7 Å². The summed E-state index contributed by atoms with van der Waals surface area (Å²) in [4.78, 5) is 28.1. The normalized spacial score (nSPS) is 10.5. The summed E-state index contributed by atoms with van der Waals surface area (Å²) in [6, 6.07) is 15.5. The van der Waals surface area contributed by atoms with Gasteiger partial charge in [0.15, 0.2) is 0 Å². The van der Waals surface area contributed by atoms with E-state index in [1.54, 1.807) is 12.5 Å². The number of benzene rings is 2. The highest BCUT2D eigenvalue weighted by Crippen LogP contribution is 2.16. The van der Waals surface area contributed by atoms with Crippen molar-refractivity contribution in [1.82, 2.24) is 14.9 Å². The fourth-order valence-electron chi connectivity index (χ4n) is 2.68. The molecule has 150 valence electrons. The summed E-state index contributed by atoms with van der Waals surface area (Å²) < 4.78 is 2.89. The number of nitrogens with one attached hydrogen (secondary N) is 2. The molecule has 0 saturated carbocycles. The van der Waals surface area contributed by atoms with Gasteiger partial charge in [-0.25, -0.2) is 4.98 Å². The van der Waals surface area contributed by atoms with E-state index in [0.717, 1.165) is 27.8 Å². The van der Waals surface area contributed by atoms with Crippen molar-refractivity contribution in [3.63, 3.8) is 0 Å². The lowest BCUT2D eigenvalue weighted by Gasteiger charge is -2.08. The number of halogens is 1. The van der Waals surface area contributed by atoms with E-state index in [9.17, 15) is 9.59 Å². The van der Waals surface area contributed by atoms with E-state index in [0.29, 0.717) is 6.54 Å². The molecule has 2 aromatic carbocycles. The number of thioether (sulfide) groups is 1.